The fourth-order valence-electron chi connectivity index (χ4n) is 3.17. The van der Waals surface area contributed by atoms with Gasteiger partial charge in [0.05, 0.1) is 12.3 Å². The maximum atomic E-state index is 12.4. The Morgan fingerprint density at radius 2 is 2.06 bits per heavy atom. The van der Waals surface area contributed by atoms with Gasteiger partial charge in [0.1, 0.15) is 23.1 Å². The SMILES string of the molecule is C=CCNC(=O)C(C#N)=Cc1cn(-c2ccccc2)nc1-c1ccc(OCCC)c(C)c1. The van der Waals surface area contributed by atoms with E-state index < -0.39 is 5.91 Å². The molecule has 1 aromatic heterocycles. The number of nitriles is 1. The van der Waals surface area contributed by atoms with Gasteiger partial charge in [-0.15, -0.1) is 6.58 Å². The molecule has 0 unspecified atom stereocenters. The number of rotatable bonds is 9. The van der Waals surface area contributed by atoms with Crippen LogP contribution in [0.25, 0.3) is 23.0 Å². The molecule has 0 aliphatic rings. The molecule has 3 rings (SSSR count). The van der Waals surface area contributed by atoms with Crippen LogP contribution in [0, 0.1) is 18.3 Å². The van der Waals surface area contributed by atoms with Crippen LogP contribution >= 0.6 is 0 Å². The van der Waals surface area contributed by atoms with Crippen molar-refractivity contribution in [3.05, 3.63) is 84.1 Å². The number of benzene rings is 2. The van der Waals surface area contributed by atoms with E-state index in [9.17, 15) is 10.1 Å². The van der Waals surface area contributed by atoms with E-state index in [4.69, 9.17) is 9.84 Å². The Morgan fingerprint density at radius 1 is 1.28 bits per heavy atom. The summed E-state index contributed by atoms with van der Waals surface area (Å²) in [6.45, 7) is 8.58. The molecule has 2 aromatic carbocycles. The summed E-state index contributed by atoms with van der Waals surface area (Å²) in [4.78, 5) is 12.4. The molecule has 1 heterocycles. The number of hydrogen-bond donors (Lipinski definition) is 1. The number of nitrogens with one attached hydrogen (secondary N) is 1. The molecule has 32 heavy (non-hydrogen) atoms. The van der Waals surface area contributed by atoms with Gasteiger partial charge >= 0.3 is 0 Å². The van der Waals surface area contributed by atoms with Crippen molar-refractivity contribution in [1.29, 1.82) is 5.26 Å². The minimum absolute atomic E-state index is 0.000308. The molecule has 0 saturated carbocycles. The molecule has 1 amide bonds. The highest BCUT2D eigenvalue weighted by atomic mass is 16.5. The third kappa shape index (κ3) is 5.32. The van der Waals surface area contributed by atoms with Crippen molar-refractivity contribution >= 4 is 12.0 Å². The highest BCUT2D eigenvalue weighted by Crippen LogP contribution is 2.30. The summed E-state index contributed by atoms with van der Waals surface area (Å²) in [6.07, 6.45) is 5.88. The van der Waals surface area contributed by atoms with E-state index in [1.807, 2.05) is 67.7 Å². The predicted octanol–water partition coefficient (Wildman–Crippen LogP) is 4.85. The normalized spacial score (nSPS) is 11.0. The van der Waals surface area contributed by atoms with Crippen molar-refractivity contribution in [2.24, 2.45) is 0 Å². The molecule has 1 N–H and O–H groups in total. The van der Waals surface area contributed by atoms with Gasteiger partial charge in [0.2, 0.25) is 0 Å². The van der Waals surface area contributed by atoms with Crippen LogP contribution < -0.4 is 10.1 Å². The molecule has 162 valence electrons. The summed E-state index contributed by atoms with van der Waals surface area (Å²) < 4.78 is 7.54. The maximum Gasteiger partial charge on any atom is 0.262 e. The first kappa shape index (κ1) is 22.6. The van der Waals surface area contributed by atoms with Gasteiger partial charge in [0.15, 0.2) is 0 Å². The van der Waals surface area contributed by atoms with E-state index in [2.05, 4.69) is 18.8 Å². The number of nitrogens with zero attached hydrogens (tertiary/aromatic N) is 3. The van der Waals surface area contributed by atoms with Gasteiger partial charge in [-0.2, -0.15) is 10.4 Å². The third-order valence-electron chi connectivity index (χ3n) is 4.75. The highest BCUT2D eigenvalue weighted by molar-refractivity contribution is 6.02. The second kappa shape index (κ2) is 10.8. The third-order valence-corrected chi connectivity index (χ3v) is 4.75. The van der Waals surface area contributed by atoms with Crippen LogP contribution in [0.2, 0.25) is 0 Å². The number of carbonyl (C=O) groups excluding carboxylic acids is 1. The van der Waals surface area contributed by atoms with E-state index >= 15 is 0 Å². The monoisotopic (exact) mass is 426 g/mol. The van der Waals surface area contributed by atoms with Gasteiger partial charge in [-0.25, -0.2) is 4.68 Å². The molecule has 6 heteroatoms. The van der Waals surface area contributed by atoms with Crippen molar-refractivity contribution in [3.63, 3.8) is 0 Å². The lowest BCUT2D eigenvalue weighted by Gasteiger charge is -2.09. The maximum absolute atomic E-state index is 12.4. The van der Waals surface area contributed by atoms with E-state index in [1.54, 1.807) is 16.8 Å². The Bertz CT molecular complexity index is 1170. The number of hydrogen-bond acceptors (Lipinski definition) is 4. The number of carbonyl (C=O) groups is 1. The summed E-state index contributed by atoms with van der Waals surface area (Å²) >= 11 is 0. The number of ether oxygens (including phenoxy) is 1. The lowest BCUT2D eigenvalue weighted by Crippen LogP contribution is -2.24. The Morgan fingerprint density at radius 3 is 2.72 bits per heavy atom. The van der Waals surface area contributed by atoms with Gasteiger partial charge in [-0.3, -0.25) is 4.79 Å². The lowest BCUT2D eigenvalue weighted by molar-refractivity contribution is -0.116. The van der Waals surface area contributed by atoms with E-state index in [1.165, 1.54) is 0 Å². The highest BCUT2D eigenvalue weighted by Gasteiger charge is 2.15. The van der Waals surface area contributed by atoms with Gasteiger partial charge in [0.25, 0.3) is 5.91 Å². The molecule has 6 nitrogen and oxygen atoms in total. The zero-order valence-electron chi connectivity index (χ0n) is 18.3. The molecule has 0 spiro atoms. The average Bonchev–Trinajstić information content (AvgIpc) is 3.24. The van der Waals surface area contributed by atoms with Crippen molar-refractivity contribution < 1.29 is 9.53 Å². The van der Waals surface area contributed by atoms with Gasteiger partial charge in [-0.05, 0) is 55.3 Å². The Hall–Kier alpha value is -4.11. The van der Waals surface area contributed by atoms with Crippen LogP contribution in [0.5, 0.6) is 5.75 Å². The first-order valence-electron chi connectivity index (χ1n) is 10.5. The fraction of sp³-hybridized carbons (Fsp3) is 0.192. The molecule has 3 aromatic rings. The molecular weight excluding hydrogens is 400 g/mol. The van der Waals surface area contributed by atoms with Crippen molar-refractivity contribution in [2.45, 2.75) is 20.3 Å². The first-order valence-corrected chi connectivity index (χ1v) is 10.5. The molecular formula is C26H26N4O2. The smallest absolute Gasteiger partial charge is 0.262 e. The molecule has 0 aliphatic heterocycles. The second-order valence-electron chi connectivity index (χ2n) is 7.21. The summed E-state index contributed by atoms with van der Waals surface area (Å²) in [5.74, 6) is 0.377. The first-order chi connectivity index (χ1) is 15.6. The number of amides is 1. The predicted molar refractivity (Wildman–Crippen MR) is 126 cm³/mol. The molecule has 0 saturated heterocycles. The Labute approximate surface area is 188 Å². The van der Waals surface area contributed by atoms with Crippen LogP contribution in [0.1, 0.15) is 24.5 Å². The molecule has 0 radical (unpaired) electrons. The molecule has 0 fully saturated rings. The molecule has 0 bridgehead atoms. The van der Waals surface area contributed by atoms with Crippen LogP contribution in [-0.4, -0.2) is 28.8 Å². The van der Waals surface area contributed by atoms with Crippen molar-refractivity contribution in [2.75, 3.05) is 13.2 Å². The summed E-state index contributed by atoms with van der Waals surface area (Å²) in [5.41, 5.74) is 4.08. The standard InChI is InChI=1S/C26H26N4O2/c1-4-13-28-26(31)21(17-27)16-22-18-30(23-9-7-6-8-10-23)29-25(22)20-11-12-24(19(3)15-20)32-14-5-2/h4,6-12,15-16,18H,1,5,13-14H2,2-3H3,(H,28,31). The second-order valence-corrected chi connectivity index (χ2v) is 7.21. The number of aromatic nitrogens is 2. The largest absolute Gasteiger partial charge is 0.493 e. The lowest BCUT2D eigenvalue weighted by atomic mass is 10.0. The van der Waals surface area contributed by atoms with E-state index in [-0.39, 0.29) is 12.1 Å². The van der Waals surface area contributed by atoms with Crippen LogP contribution in [0.15, 0.2) is 73.0 Å². The molecule has 0 aliphatic carbocycles. The van der Waals surface area contributed by atoms with Crippen molar-refractivity contribution in [1.82, 2.24) is 15.1 Å². The number of para-hydroxylation sites is 1. The fourth-order valence-corrected chi connectivity index (χ4v) is 3.17. The van der Waals surface area contributed by atoms with Crippen LogP contribution in [0.3, 0.4) is 0 Å². The topological polar surface area (TPSA) is 79.9 Å². The van der Waals surface area contributed by atoms with Crippen LogP contribution in [-0.2, 0) is 4.79 Å². The summed E-state index contributed by atoms with van der Waals surface area (Å²) in [6, 6.07) is 17.5. The Balaban J connectivity index is 2.08. The van der Waals surface area contributed by atoms with E-state index in [0.29, 0.717) is 17.9 Å². The van der Waals surface area contributed by atoms with Crippen molar-refractivity contribution in [3.8, 4) is 28.8 Å². The number of aryl methyl sites for hydroxylation is 1. The van der Waals surface area contributed by atoms with Gasteiger partial charge in [-0.1, -0.05) is 31.2 Å². The van der Waals surface area contributed by atoms with Gasteiger partial charge in [0, 0.05) is 23.9 Å². The molecule has 0 atom stereocenters. The Kier molecular flexibility index (Phi) is 7.60. The van der Waals surface area contributed by atoms with E-state index in [0.717, 1.165) is 29.0 Å². The quantitative estimate of drug-likeness (QED) is 0.301. The van der Waals surface area contributed by atoms with Crippen LogP contribution in [0.4, 0.5) is 0 Å². The minimum atomic E-state index is -0.453. The average molecular weight is 427 g/mol. The van der Waals surface area contributed by atoms with Gasteiger partial charge < -0.3 is 10.1 Å². The zero-order chi connectivity index (χ0) is 22.9. The minimum Gasteiger partial charge on any atom is -0.493 e. The summed E-state index contributed by atoms with van der Waals surface area (Å²) in [7, 11) is 0. The zero-order valence-corrected chi connectivity index (χ0v) is 18.3. The summed E-state index contributed by atoms with van der Waals surface area (Å²) in [5, 5.41) is 17.0.